The molecule has 0 amide bonds. The lowest BCUT2D eigenvalue weighted by Crippen LogP contribution is -2.28. The summed E-state index contributed by atoms with van der Waals surface area (Å²) in [4.78, 5) is 0. The molecular formula is C14H18O. The van der Waals surface area contributed by atoms with Crippen LogP contribution in [0.25, 0.3) is 0 Å². The molecule has 0 saturated heterocycles. The number of aliphatic hydroxyl groups excluding tert-OH is 1. The highest BCUT2D eigenvalue weighted by Gasteiger charge is 2.46. The number of hydrogen-bond acceptors (Lipinski definition) is 1. The van der Waals surface area contributed by atoms with E-state index in [-0.39, 0.29) is 6.10 Å². The van der Waals surface area contributed by atoms with Crippen LogP contribution in [0.2, 0.25) is 0 Å². The van der Waals surface area contributed by atoms with Crippen molar-refractivity contribution < 1.29 is 5.11 Å². The van der Waals surface area contributed by atoms with Crippen LogP contribution in [-0.4, -0.2) is 11.2 Å². The number of aliphatic hydroxyl groups is 1. The Morgan fingerprint density at radius 1 is 1.07 bits per heavy atom. The molecule has 3 rings (SSSR count). The zero-order valence-electron chi connectivity index (χ0n) is 8.97. The summed E-state index contributed by atoms with van der Waals surface area (Å²) in [5, 5.41) is 10.1. The van der Waals surface area contributed by atoms with E-state index in [0.717, 1.165) is 12.3 Å². The van der Waals surface area contributed by atoms with Crippen LogP contribution >= 0.6 is 0 Å². The third kappa shape index (κ3) is 1.59. The second-order valence-corrected chi connectivity index (χ2v) is 5.18. The monoisotopic (exact) mass is 202 g/mol. The lowest BCUT2D eigenvalue weighted by molar-refractivity contribution is 0.0591. The largest absolute Gasteiger partial charge is 0.393 e. The van der Waals surface area contributed by atoms with Gasteiger partial charge >= 0.3 is 0 Å². The van der Waals surface area contributed by atoms with E-state index in [1.54, 1.807) is 0 Å². The van der Waals surface area contributed by atoms with Crippen molar-refractivity contribution in [1.82, 2.24) is 0 Å². The predicted molar refractivity (Wildman–Crippen MR) is 60.5 cm³/mol. The first kappa shape index (κ1) is 9.41. The first-order valence-corrected chi connectivity index (χ1v) is 6.06. The van der Waals surface area contributed by atoms with E-state index >= 15 is 0 Å². The molecule has 0 aromatic heterocycles. The van der Waals surface area contributed by atoms with E-state index in [0.29, 0.717) is 11.8 Å². The van der Waals surface area contributed by atoms with Crippen LogP contribution in [0.5, 0.6) is 0 Å². The zero-order chi connectivity index (χ0) is 10.3. The molecule has 4 atom stereocenters. The maximum Gasteiger partial charge on any atom is 0.0602 e. The molecule has 2 aliphatic carbocycles. The first-order chi connectivity index (χ1) is 7.34. The lowest BCUT2D eigenvalue weighted by Gasteiger charge is -2.27. The van der Waals surface area contributed by atoms with Crippen molar-refractivity contribution in [3.8, 4) is 0 Å². The fraction of sp³-hybridized carbons (Fsp3) is 0.571. The fourth-order valence-electron chi connectivity index (χ4n) is 3.55. The molecule has 2 aliphatic rings. The molecule has 1 aromatic carbocycles. The van der Waals surface area contributed by atoms with Gasteiger partial charge in [-0.2, -0.15) is 0 Å². The first-order valence-electron chi connectivity index (χ1n) is 6.06. The van der Waals surface area contributed by atoms with E-state index in [4.69, 9.17) is 0 Å². The second kappa shape index (κ2) is 3.64. The Morgan fingerprint density at radius 3 is 2.47 bits per heavy atom. The van der Waals surface area contributed by atoms with Crippen molar-refractivity contribution >= 4 is 0 Å². The maximum absolute atomic E-state index is 10.1. The molecule has 2 fully saturated rings. The van der Waals surface area contributed by atoms with E-state index in [2.05, 4.69) is 30.3 Å². The van der Waals surface area contributed by atoms with Gasteiger partial charge in [-0.1, -0.05) is 30.3 Å². The van der Waals surface area contributed by atoms with Gasteiger partial charge in [-0.15, -0.1) is 0 Å². The summed E-state index contributed by atoms with van der Waals surface area (Å²) in [5.41, 5.74) is 1.38. The van der Waals surface area contributed by atoms with Gasteiger partial charge in [0.25, 0.3) is 0 Å². The number of fused-ring (bicyclic) bond motifs is 2. The van der Waals surface area contributed by atoms with Crippen molar-refractivity contribution in [2.75, 3.05) is 0 Å². The molecule has 1 heteroatoms. The van der Waals surface area contributed by atoms with Gasteiger partial charge in [0, 0.05) is 0 Å². The molecule has 15 heavy (non-hydrogen) atoms. The molecule has 2 bridgehead atoms. The van der Waals surface area contributed by atoms with E-state index in [1.807, 2.05) is 0 Å². The molecule has 0 spiro atoms. The van der Waals surface area contributed by atoms with Crippen molar-refractivity contribution in [3.05, 3.63) is 35.9 Å². The second-order valence-electron chi connectivity index (χ2n) is 5.18. The minimum Gasteiger partial charge on any atom is -0.393 e. The van der Waals surface area contributed by atoms with Gasteiger partial charge in [0.15, 0.2) is 0 Å². The van der Waals surface area contributed by atoms with Gasteiger partial charge in [0.05, 0.1) is 6.10 Å². The minimum absolute atomic E-state index is 0.0241. The van der Waals surface area contributed by atoms with Crippen LogP contribution in [0.3, 0.4) is 0 Å². The zero-order valence-corrected chi connectivity index (χ0v) is 8.97. The molecule has 2 saturated carbocycles. The SMILES string of the molecule is O[C@H]1[C@H]2CC[C@H](C2)[C@@H]1Cc1ccccc1. The Hall–Kier alpha value is -0.820. The molecule has 0 heterocycles. The molecule has 0 unspecified atom stereocenters. The normalized spacial score (nSPS) is 38.5. The topological polar surface area (TPSA) is 20.2 Å². The van der Waals surface area contributed by atoms with Crippen LogP contribution in [0.4, 0.5) is 0 Å². The van der Waals surface area contributed by atoms with Gasteiger partial charge in [-0.25, -0.2) is 0 Å². The van der Waals surface area contributed by atoms with E-state index in [9.17, 15) is 5.11 Å². The number of rotatable bonds is 2. The van der Waals surface area contributed by atoms with Gasteiger partial charge in [-0.3, -0.25) is 0 Å². The average molecular weight is 202 g/mol. The third-order valence-electron chi connectivity index (χ3n) is 4.36. The van der Waals surface area contributed by atoms with Gasteiger partial charge in [-0.05, 0) is 49.0 Å². The fourth-order valence-corrected chi connectivity index (χ4v) is 3.55. The Kier molecular flexibility index (Phi) is 2.28. The highest BCUT2D eigenvalue weighted by Crippen LogP contribution is 2.49. The van der Waals surface area contributed by atoms with Crippen molar-refractivity contribution in [3.63, 3.8) is 0 Å². The lowest BCUT2D eigenvalue weighted by atomic mass is 9.82. The Bertz CT molecular complexity index is 330. The summed E-state index contributed by atoms with van der Waals surface area (Å²) in [7, 11) is 0. The predicted octanol–water partition coefficient (Wildman–Crippen LogP) is 2.64. The minimum atomic E-state index is -0.0241. The molecule has 0 radical (unpaired) electrons. The van der Waals surface area contributed by atoms with Crippen LogP contribution in [0.1, 0.15) is 24.8 Å². The van der Waals surface area contributed by atoms with Crippen molar-refractivity contribution in [2.45, 2.75) is 31.8 Å². The Labute approximate surface area is 91.1 Å². The maximum atomic E-state index is 10.1. The number of hydrogen-bond donors (Lipinski definition) is 1. The summed E-state index contributed by atoms with van der Waals surface area (Å²) in [6.45, 7) is 0. The van der Waals surface area contributed by atoms with Crippen LogP contribution in [0, 0.1) is 17.8 Å². The molecule has 1 aromatic rings. The van der Waals surface area contributed by atoms with Crippen molar-refractivity contribution in [1.29, 1.82) is 0 Å². The summed E-state index contributed by atoms with van der Waals surface area (Å²) >= 11 is 0. The van der Waals surface area contributed by atoms with E-state index < -0.39 is 0 Å². The summed E-state index contributed by atoms with van der Waals surface area (Å²) in [6.07, 6.45) is 4.93. The molecular weight excluding hydrogens is 184 g/mol. The van der Waals surface area contributed by atoms with E-state index in [1.165, 1.54) is 24.8 Å². The van der Waals surface area contributed by atoms with Gasteiger partial charge in [0.1, 0.15) is 0 Å². The summed E-state index contributed by atoms with van der Waals surface area (Å²) < 4.78 is 0. The highest BCUT2D eigenvalue weighted by atomic mass is 16.3. The van der Waals surface area contributed by atoms with Crippen molar-refractivity contribution in [2.24, 2.45) is 17.8 Å². The molecule has 1 nitrogen and oxygen atoms in total. The van der Waals surface area contributed by atoms with Crippen LogP contribution in [-0.2, 0) is 6.42 Å². The summed E-state index contributed by atoms with van der Waals surface area (Å²) in [6, 6.07) is 10.6. The quantitative estimate of drug-likeness (QED) is 0.781. The van der Waals surface area contributed by atoms with Crippen LogP contribution < -0.4 is 0 Å². The molecule has 0 aliphatic heterocycles. The Morgan fingerprint density at radius 2 is 1.80 bits per heavy atom. The van der Waals surface area contributed by atoms with Gasteiger partial charge < -0.3 is 5.11 Å². The highest BCUT2D eigenvalue weighted by molar-refractivity contribution is 5.17. The Balaban J connectivity index is 1.74. The van der Waals surface area contributed by atoms with Gasteiger partial charge in [0.2, 0.25) is 0 Å². The third-order valence-corrected chi connectivity index (χ3v) is 4.36. The average Bonchev–Trinajstić information content (AvgIpc) is 2.84. The summed E-state index contributed by atoms with van der Waals surface area (Å²) in [5.74, 6) is 1.94. The van der Waals surface area contributed by atoms with Crippen LogP contribution in [0.15, 0.2) is 30.3 Å². The molecule has 1 N–H and O–H groups in total. The smallest absolute Gasteiger partial charge is 0.0602 e. The molecule has 80 valence electrons. The standard InChI is InChI=1S/C14H18O/c15-14-12-7-6-11(9-12)13(14)8-10-4-2-1-3-5-10/h1-5,11-15H,6-9H2/t11-,12+,13+,14+/m1/s1. The number of benzene rings is 1.